The van der Waals surface area contributed by atoms with Crippen LogP contribution in [0, 0.1) is 11.6 Å². The van der Waals surface area contributed by atoms with Crippen molar-refractivity contribution in [2.45, 2.75) is 26.1 Å². The van der Waals surface area contributed by atoms with Crippen molar-refractivity contribution in [3.05, 3.63) is 93.5 Å². The van der Waals surface area contributed by atoms with Crippen molar-refractivity contribution < 1.29 is 23.5 Å². The van der Waals surface area contributed by atoms with Crippen molar-refractivity contribution in [1.82, 2.24) is 10.2 Å². The average Bonchev–Trinajstić information content (AvgIpc) is 2.79. The number of halogens is 3. The number of hydrogen-bond donors (Lipinski definition) is 2. The molecule has 0 bridgehead atoms. The Morgan fingerprint density at radius 3 is 2.62 bits per heavy atom. The fourth-order valence-electron chi connectivity index (χ4n) is 3.95. The Hall–Kier alpha value is -3.65. The number of benzene rings is 3. The quantitative estimate of drug-likeness (QED) is 0.509. The highest BCUT2D eigenvalue weighted by Crippen LogP contribution is 2.38. The molecule has 0 fully saturated rings. The number of rotatable bonds is 5. The van der Waals surface area contributed by atoms with E-state index in [-0.39, 0.29) is 47.1 Å². The summed E-state index contributed by atoms with van der Waals surface area (Å²) in [5.74, 6) is -1.83. The van der Waals surface area contributed by atoms with Crippen LogP contribution >= 0.6 is 11.6 Å². The van der Waals surface area contributed by atoms with Crippen LogP contribution in [-0.4, -0.2) is 29.0 Å². The van der Waals surface area contributed by atoms with E-state index in [9.17, 15) is 23.5 Å². The Morgan fingerprint density at radius 2 is 1.91 bits per heavy atom. The number of nitrogens with zero attached hydrogens (tertiary/aromatic N) is 2. The van der Waals surface area contributed by atoms with Gasteiger partial charge in [0.25, 0.3) is 5.91 Å². The number of hydrogen-bond acceptors (Lipinski definition) is 3. The van der Waals surface area contributed by atoms with Crippen molar-refractivity contribution in [1.29, 1.82) is 0 Å². The number of amides is 3. The van der Waals surface area contributed by atoms with Crippen LogP contribution in [0.25, 0.3) is 0 Å². The Labute approximate surface area is 200 Å². The Kier molecular flexibility index (Phi) is 6.43. The van der Waals surface area contributed by atoms with Gasteiger partial charge in [-0.2, -0.15) is 0 Å². The van der Waals surface area contributed by atoms with Crippen molar-refractivity contribution in [2.75, 3.05) is 11.9 Å². The summed E-state index contributed by atoms with van der Waals surface area (Å²) in [5.41, 5.74) is 2.11. The molecule has 3 amide bonds. The molecule has 34 heavy (non-hydrogen) atoms. The van der Waals surface area contributed by atoms with Crippen molar-refractivity contribution in [3.63, 3.8) is 0 Å². The minimum atomic E-state index is -0.614. The van der Waals surface area contributed by atoms with Gasteiger partial charge in [0.05, 0.1) is 18.3 Å². The van der Waals surface area contributed by atoms with Crippen LogP contribution < -0.4 is 10.2 Å². The van der Waals surface area contributed by atoms with Gasteiger partial charge in [0.15, 0.2) is 0 Å². The monoisotopic (exact) mass is 485 g/mol. The van der Waals surface area contributed by atoms with E-state index >= 15 is 0 Å². The standard InChI is InChI=1S/C25H22ClF2N3O3/c1-14-19-7-6-16(24(33)29-12-15-8-17(27)11-18(32)9-15)10-23(19)31(25(34)30(14)2)13-20-21(26)4-3-5-22(20)28/h3-11,14,32H,12-13H2,1-2H3,(H,29,33). The molecular weight excluding hydrogens is 464 g/mol. The Balaban J connectivity index is 1.64. The van der Waals surface area contributed by atoms with E-state index in [2.05, 4.69) is 5.32 Å². The van der Waals surface area contributed by atoms with Crippen LogP contribution in [0.4, 0.5) is 19.3 Å². The maximum Gasteiger partial charge on any atom is 0.325 e. The number of nitrogens with one attached hydrogen (secondary N) is 1. The number of phenols is 1. The molecule has 1 aliphatic rings. The van der Waals surface area contributed by atoms with Gasteiger partial charge in [-0.05, 0) is 54.4 Å². The molecule has 0 aromatic heterocycles. The smallest absolute Gasteiger partial charge is 0.325 e. The number of urea groups is 1. The lowest BCUT2D eigenvalue weighted by Gasteiger charge is -2.39. The molecule has 6 nitrogen and oxygen atoms in total. The molecule has 3 aromatic carbocycles. The van der Waals surface area contributed by atoms with Crippen molar-refractivity contribution in [3.8, 4) is 5.75 Å². The van der Waals surface area contributed by atoms with Gasteiger partial charge in [0.2, 0.25) is 0 Å². The van der Waals surface area contributed by atoms with Crippen LogP contribution in [0.3, 0.4) is 0 Å². The van der Waals surface area contributed by atoms with E-state index < -0.39 is 17.5 Å². The Morgan fingerprint density at radius 1 is 1.15 bits per heavy atom. The third-order valence-corrected chi connectivity index (χ3v) is 6.27. The first-order valence-corrected chi connectivity index (χ1v) is 10.9. The van der Waals surface area contributed by atoms with Gasteiger partial charge in [-0.1, -0.05) is 23.7 Å². The van der Waals surface area contributed by atoms with Crippen LogP contribution in [0.15, 0.2) is 54.6 Å². The maximum atomic E-state index is 14.5. The van der Waals surface area contributed by atoms with Crippen LogP contribution in [0.1, 0.15) is 40.0 Å². The fraction of sp³-hybridized carbons (Fsp3) is 0.200. The maximum absolute atomic E-state index is 14.5. The van der Waals surface area contributed by atoms with Gasteiger partial charge in [0, 0.05) is 35.8 Å². The first-order valence-electron chi connectivity index (χ1n) is 10.5. The van der Waals surface area contributed by atoms with Gasteiger partial charge in [-0.15, -0.1) is 0 Å². The van der Waals surface area contributed by atoms with Gasteiger partial charge >= 0.3 is 6.03 Å². The highest BCUT2D eigenvalue weighted by molar-refractivity contribution is 6.31. The molecule has 2 N–H and O–H groups in total. The summed E-state index contributed by atoms with van der Waals surface area (Å²) in [6, 6.07) is 12.2. The summed E-state index contributed by atoms with van der Waals surface area (Å²) in [6.07, 6.45) is 0. The summed E-state index contributed by atoms with van der Waals surface area (Å²) in [6.45, 7) is 1.75. The number of fused-ring (bicyclic) bond motifs is 1. The summed E-state index contributed by atoms with van der Waals surface area (Å²) in [4.78, 5) is 28.8. The molecule has 0 spiro atoms. The molecule has 1 heterocycles. The fourth-order valence-corrected chi connectivity index (χ4v) is 4.18. The van der Waals surface area contributed by atoms with Gasteiger partial charge in [0.1, 0.15) is 17.4 Å². The number of carbonyl (C=O) groups excluding carboxylic acids is 2. The molecule has 4 rings (SSSR count). The van der Waals surface area contributed by atoms with Gasteiger partial charge < -0.3 is 15.3 Å². The van der Waals surface area contributed by atoms with E-state index in [0.29, 0.717) is 11.3 Å². The first-order chi connectivity index (χ1) is 16.2. The summed E-state index contributed by atoms with van der Waals surface area (Å²) >= 11 is 6.19. The zero-order valence-electron chi connectivity index (χ0n) is 18.5. The SMILES string of the molecule is CC1c2ccc(C(=O)NCc3cc(O)cc(F)c3)cc2N(Cc2c(F)cccc2Cl)C(=O)N1C. The number of aromatic hydroxyl groups is 1. The second-order valence-electron chi connectivity index (χ2n) is 8.13. The molecule has 1 unspecified atom stereocenters. The average molecular weight is 486 g/mol. The van der Waals surface area contributed by atoms with Crippen molar-refractivity contribution in [2.24, 2.45) is 0 Å². The zero-order chi connectivity index (χ0) is 24.6. The largest absolute Gasteiger partial charge is 0.508 e. The molecule has 0 saturated heterocycles. The lowest BCUT2D eigenvalue weighted by atomic mass is 9.98. The zero-order valence-corrected chi connectivity index (χ0v) is 19.2. The first kappa shape index (κ1) is 23.5. The lowest BCUT2D eigenvalue weighted by Crippen LogP contribution is -2.46. The molecule has 3 aromatic rings. The molecule has 0 radical (unpaired) electrons. The van der Waals surface area contributed by atoms with Crippen molar-refractivity contribution >= 4 is 29.2 Å². The minimum absolute atomic E-state index is 0.00609. The third-order valence-electron chi connectivity index (χ3n) is 5.92. The second kappa shape index (κ2) is 9.30. The molecule has 1 aliphatic heterocycles. The molecule has 1 atom stereocenters. The van der Waals surface area contributed by atoms with Crippen LogP contribution in [0.5, 0.6) is 5.75 Å². The van der Waals surface area contributed by atoms with Gasteiger partial charge in [-0.3, -0.25) is 9.69 Å². The lowest BCUT2D eigenvalue weighted by molar-refractivity contribution is 0.0950. The van der Waals surface area contributed by atoms with E-state index in [4.69, 9.17) is 11.6 Å². The van der Waals surface area contributed by atoms with E-state index in [1.807, 2.05) is 6.92 Å². The summed E-state index contributed by atoms with van der Waals surface area (Å²) in [7, 11) is 1.65. The normalized spacial score (nSPS) is 15.3. The number of carbonyl (C=O) groups is 2. The van der Waals surface area contributed by atoms with E-state index in [1.54, 1.807) is 31.3 Å². The molecular formula is C25H22ClF2N3O3. The number of anilines is 1. The summed E-state index contributed by atoms with van der Waals surface area (Å²) < 4.78 is 28.0. The molecule has 0 saturated carbocycles. The van der Waals surface area contributed by atoms with Crippen LogP contribution in [0.2, 0.25) is 5.02 Å². The van der Waals surface area contributed by atoms with Gasteiger partial charge in [-0.25, -0.2) is 13.6 Å². The molecule has 0 aliphatic carbocycles. The predicted molar refractivity (Wildman–Crippen MR) is 125 cm³/mol. The highest BCUT2D eigenvalue weighted by Gasteiger charge is 2.34. The van der Waals surface area contributed by atoms with E-state index in [0.717, 1.165) is 11.6 Å². The molecule has 176 valence electrons. The van der Waals surface area contributed by atoms with Crippen LogP contribution in [-0.2, 0) is 13.1 Å². The minimum Gasteiger partial charge on any atom is -0.508 e. The highest BCUT2D eigenvalue weighted by atomic mass is 35.5. The predicted octanol–water partition coefficient (Wildman–Crippen LogP) is 5.39. The topological polar surface area (TPSA) is 72.9 Å². The second-order valence-corrected chi connectivity index (χ2v) is 8.54. The van der Waals surface area contributed by atoms with E-state index in [1.165, 1.54) is 34.1 Å². The Bertz CT molecular complexity index is 1240. The number of phenolic OH excluding ortho intramolecular Hbond substituents is 1. The third kappa shape index (κ3) is 4.54. The molecule has 9 heteroatoms. The summed E-state index contributed by atoms with van der Waals surface area (Å²) in [5, 5.41) is 12.4.